The summed E-state index contributed by atoms with van der Waals surface area (Å²) in [5.74, 6) is 0.452. The van der Waals surface area contributed by atoms with E-state index in [4.69, 9.17) is 39.5 Å². The minimum Gasteiger partial charge on any atom is -0.478 e. The van der Waals surface area contributed by atoms with E-state index in [1.165, 1.54) is 6.07 Å². The van der Waals surface area contributed by atoms with E-state index in [1.807, 2.05) is 0 Å². The number of halogens is 4. The first kappa shape index (κ1) is 21.2. The Bertz CT molecular complexity index is 842. The fraction of sp³-hybridized carbons (Fsp3) is 0.350. The van der Waals surface area contributed by atoms with Gasteiger partial charge in [-0.2, -0.15) is 0 Å². The van der Waals surface area contributed by atoms with Crippen LogP contribution in [0.2, 0.25) is 15.1 Å². The number of nitrogens with zero attached hydrogens (tertiary/aromatic N) is 1. The summed E-state index contributed by atoms with van der Waals surface area (Å²) in [5.41, 5.74) is -0.930. The number of piperidine rings is 1. The predicted octanol–water partition coefficient (Wildman–Crippen LogP) is 5.22. The van der Waals surface area contributed by atoms with E-state index in [0.717, 1.165) is 0 Å². The molecule has 0 bridgehead atoms. The lowest BCUT2D eigenvalue weighted by Gasteiger charge is -2.36. The van der Waals surface area contributed by atoms with Gasteiger partial charge in [0.25, 0.3) is 5.91 Å². The van der Waals surface area contributed by atoms with Crippen LogP contribution in [0.25, 0.3) is 0 Å². The number of carbonyl (C=O) groups is 1. The summed E-state index contributed by atoms with van der Waals surface area (Å²) in [6, 6.07) is 11.8. The van der Waals surface area contributed by atoms with Gasteiger partial charge in [0.1, 0.15) is 18.1 Å². The second-order valence-electron chi connectivity index (χ2n) is 6.74. The molecule has 1 aliphatic heterocycles. The second-order valence-corrected chi connectivity index (χ2v) is 8.00. The maximum absolute atomic E-state index is 15.0. The molecule has 28 heavy (non-hydrogen) atoms. The molecule has 2 aromatic carbocycles. The normalized spacial score (nSPS) is 16.1. The van der Waals surface area contributed by atoms with E-state index < -0.39 is 5.67 Å². The number of nitrogens with one attached hydrogen (secondary N) is 1. The third-order valence-electron chi connectivity index (χ3n) is 4.69. The molecule has 0 spiro atoms. The zero-order valence-electron chi connectivity index (χ0n) is 15.1. The Balaban J connectivity index is 1.45. The highest BCUT2D eigenvalue weighted by Crippen LogP contribution is 2.28. The number of amides is 1. The molecule has 3 rings (SSSR count). The number of rotatable bonds is 6. The standard InChI is InChI=1S/C20H20Cl3FN2O2/c21-15-2-1-3-16(11-15)28-13-25-12-20(24)6-8-26(9-7-20)19(27)14-4-5-17(22)18(23)10-14/h1-5,10-11,25H,6-9,12-13H2. The molecule has 1 N–H and O–H groups in total. The molecule has 1 heterocycles. The Morgan fingerprint density at radius 1 is 1.11 bits per heavy atom. The molecule has 1 amide bonds. The van der Waals surface area contributed by atoms with Crippen LogP contribution in [0.1, 0.15) is 23.2 Å². The number of hydrogen-bond donors (Lipinski definition) is 1. The van der Waals surface area contributed by atoms with Crippen molar-refractivity contribution in [2.24, 2.45) is 0 Å². The van der Waals surface area contributed by atoms with Gasteiger partial charge in [0.15, 0.2) is 0 Å². The van der Waals surface area contributed by atoms with Gasteiger partial charge in [-0.25, -0.2) is 4.39 Å². The van der Waals surface area contributed by atoms with Gasteiger partial charge in [0.2, 0.25) is 0 Å². The maximum Gasteiger partial charge on any atom is 0.253 e. The first-order chi connectivity index (χ1) is 13.4. The summed E-state index contributed by atoms with van der Waals surface area (Å²) >= 11 is 17.8. The highest BCUT2D eigenvalue weighted by atomic mass is 35.5. The summed E-state index contributed by atoms with van der Waals surface area (Å²) < 4.78 is 20.5. The van der Waals surface area contributed by atoms with Crippen LogP contribution in [0.15, 0.2) is 42.5 Å². The molecule has 0 radical (unpaired) electrons. The van der Waals surface area contributed by atoms with Crippen molar-refractivity contribution in [2.75, 3.05) is 26.4 Å². The molecule has 2 aromatic rings. The summed E-state index contributed by atoms with van der Waals surface area (Å²) in [5, 5.41) is 4.28. The monoisotopic (exact) mass is 444 g/mol. The second kappa shape index (κ2) is 9.31. The van der Waals surface area contributed by atoms with Crippen molar-refractivity contribution in [3.8, 4) is 5.75 Å². The van der Waals surface area contributed by atoms with Crippen LogP contribution in [0.3, 0.4) is 0 Å². The molecule has 0 saturated carbocycles. The predicted molar refractivity (Wildman–Crippen MR) is 110 cm³/mol. The number of benzene rings is 2. The van der Waals surface area contributed by atoms with Gasteiger partial charge < -0.3 is 9.64 Å². The zero-order valence-corrected chi connectivity index (χ0v) is 17.3. The summed E-state index contributed by atoms with van der Waals surface area (Å²) in [6.07, 6.45) is 0.508. The Morgan fingerprint density at radius 3 is 2.54 bits per heavy atom. The van der Waals surface area contributed by atoms with Gasteiger partial charge in [-0.05, 0) is 36.4 Å². The molecule has 1 fully saturated rings. The van der Waals surface area contributed by atoms with E-state index in [2.05, 4.69) is 5.32 Å². The van der Waals surface area contributed by atoms with Crippen molar-refractivity contribution < 1.29 is 13.9 Å². The van der Waals surface area contributed by atoms with Gasteiger partial charge in [0, 0.05) is 43.1 Å². The van der Waals surface area contributed by atoms with Crippen LogP contribution in [-0.4, -0.2) is 42.8 Å². The van der Waals surface area contributed by atoms with E-state index >= 15 is 4.39 Å². The lowest BCUT2D eigenvalue weighted by molar-refractivity contribution is 0.0413. The molecule has 1 saturated heterocycles. The zero-order chi connectivity index (χ0) is 20.1. The van der Waals surface area contributed by atoms with E-state index in [0.29, 0.717) is 39.5 Å². The summed E-state index contributed by atoms with van der Waals surface area (Å²) in [7, 11) is 0. The summed E-state index contributed by atoms with van der Waals surface area (Å²) in [4.78, 5) is 14.2. The van der Waals surface area contributed by atoms with Crippen LogP contribution in [0.5, 0.6) is 5.75 Å². The Morgan fingerprint density at radius 2 is 1.86 bits per heavy atom. The molecule has 0 aromatic heterocycles. The molecular formula is C20H20Cl3FN2O2. The van der Waals surface area contributed by atoms with Crippen molar-refractivity contribution >= 4 is 40.7 Å². The average Bonchev–Trinajstić information content (AvgIpc) is 2.68. The number of likely N-dealkylation sites (tertiary alicyclic amines) is 1. The highest BCUT2D eigenvalue weighted by Gasteiger charge is 2.35. The minimum atomic E-state index is -1.38. The Hall–Kier alpha value is -1.53. The quantitative estimate of drug-likeness (QED) is 0.490. The molecule has 8 heteroatoms. The number of carbonyl (C=O) groups excluding carboxylic acids is 1. The molecule has 150 valence electrons. The van der Waals surface area contributed by atoms with Crippen LogP contribution in [0.4, 0.5) is 4.39 Å². The number of alkyl halides is 1. The largest absolute Gasteiger partial charge is 0.478 e. The van der Waals surface area contributed by atoms with Crippen molar-refractivity contribution in [1.82, 2.24) is 10.2 Å². The van der Waals surface area contributed by atoms with Crippen LogP contribution >= 0.6 is 34.8 Å². The highest BCUT2D eigenvalue weighted by molar-refractivity contribution is 6.42. The lowest BCUT2D eigenvalue weighted by atomic mass is 9.93. The lowest BCUT2D eigenvalue weighted by Crippen LogP contribution is -2.49. The van der Waals surface area contributed by atoms with Crippen LogP contribution in [-0.2, 0) is 0 Å². The fourth-order valence-corrected chi connectivity index (χ4v) is 3.54. The first-order valence-corrected chi connectivity index (χ1v) is 10.0. The third kappa shape index (κ3) is 5.51. The Kier molecular flexibility index (Phi) is 7.05. The number of ether oxygens (including phenoxy) is 1. The SMILES string of the molecule is O=C(c1ccc(Cl)c(Cl)c1)N1CCC(F)(CNCOc2cccc(Cl)c2)CC1. The van der Waals surface area contributed by atoms with Gasteiger partial charge in [-0.3, -0.25) is 10.1 Å². The fourth-order valence-electron chi connectivity index (χ4n) is 3.07. The van der Waals surface area contributed by atoms with Crippen LogP contribution < -0.4 is 10.1 Å². The van der Waals surface area contributed by atoms with Crippen LogP contribution in [0, 0.1) is 0 Å². The molecule has 4 nitrogen and oxygen atoms in total. The average molecular weight is 446 g/mol. The van der Waals surface area contributed by atoms with Gasteiger partial charge in [-0.15, -0.1) is 0 Å². The van der Waals surface area contributed by atoms with Crippen molar-refractivity contribution in [3.05, 3.63) is 63.1 Å². The molecule has 0 unspecified atom stereocenters. The molecule has 0 aliphatic carbocycles. The maximum atomic E-state index is 15.0. The van der Waals surface area contributed by atoms with Crippen molar-refractivity contribution in [1.29, 1.82) is 0 Å². The van der Waals surface area contributed by atoms with E-state index in [9.17, 15) is 4.79 Å². The Labute approximate surface area is 178 Å². The van der Waals surface area contributed by atoms with Gasteiger partial charge >= 0.3 is 0 Å². The number of hydrogen-bond acceptors (Lipinski definition) is 3. The molecular weight excluding hydrogens is 426 g/mol. The smallest absolute Gasteiger partial charge is 0.253 e. The minimum absolute atomic E-state index is 0.155. The first-order valence-electron chi connectivity index (χ1n) is 8.89. The van der Waals surface area contributed by atoms with E-state index in [1.54, 1.807) is 41.3 Å². The van der Waals surface area contributed by atoms with Crippen molar-refractivity contribution in [3.63, 3.8) is 0 Å². The van der Waals surface area contributed by atoms with Gasteiger partial charge in [-0.1, -0.05) is 40.9 Å². The van der Waals surface area contributed by atoms with E-state index in [-0.39, 0.29) is 32.0 Å². The third-order valence-corrected chi connectivity index (χ3v) is 5.67. The molecule has 0 atom stereocenters. The summed E-state index contributed by atoms with van der Waals surface area (Å²) in [6.45, 7) is 1.01. The molecule has 1 aliphatic rings. The topological polar surface area (TPSA) is 41.6 Å². The van der Waals surface area contributed by atoms with Gasteiger partial charge in [0.05, 0.1) is 10.0 Å². The van der Waals surface area contributed by atoms with Crippen molar-refractivity contribution in [2.45, 2.75) is 18.5 Å².